The van der Waals surface area contributed by atoms with Gasteiger partial charge in [-0.1, -0.05) is 17.7 Å². The first-order chi connectivity index (χ1) is 14.0. The maximum Gasteiger partial charge on any atom is 0.279 e. The molecule has 2 aromatic rings. The van der Waals surface area contributed by atoms with Crippen molar-refractivity contribution in [2.24, 2.45) is 0 Å². The molecule has 0 bridgehead atoms. The average molecular weight is 412 g/mol. The number of nitriles is 1. The highest BCUT2D eigenvalue weighted by atomic mass is 32.1. The molecule has 2 amide bonds. The van der Waals surface area contributed by atoms with E-state index in [0.717, 1.165) is 47.4 Å². The number of rotatable bonds is 7. The molecule has 7 heteroatoms. The van der Waals surface area contributed by atoms with Gasteiger partial charge in [0, 0.05) is 10.6 Å². The Bertz CT molecular complexity index is 928. The number of nitrogens with zero attached hydrogens (tertiary/aromatic N) is 1. The number of hydrogen-bond acceptors (Lipinski definition) is 4. The predicted molar refractivity (Wildman–Crippen MR) is 115 cm³/mol. The van der Waals surface area contributed by atoms with Gasteiger partial charge in [0.05, 0.1) is 25.6 Å². The fraction of sp³-hybridized carbons (Fsp3) is 0.409. The minimum Gasteiger partial charge on any atom is -0.329 e. The van der Waals surface area contributed by atoms with Crippen LogP contribution in [0.15, 0.2) is 24.3 Å². The van der Waals surface area contributed by atoms with E-state index in [1.807, 2.05) is 38.2 Å². The Hall–Kier alpha value is -2.69. The van der Waals surface area contributed by atoms with Gasteiger partial charge in [0.25, 0.3) is 5.91 Å². The number of fused-ring (bicyclic) bond motifs is 1. The lowest BCUT2D eigenvalue weighted by atomic mass is 9.96. The Morgan fingerprint density at radius 3 is 2.59 bits per heavy atom. The van der Waals surface area contributed by atoms with Crippen LogP contribution in [0.25, 0.3) is 0 Å². The van der Waals surface area contributed by atoms with Crippen molar-refractivity contribution < 1.29 is 14.5 Å². The van der Waals surface area contributed by atoms with Crippen molar-refractivity contribution in [1.82, 2.24) is 0 Å². The summed E-state index contributed by atoms with van der Waals surface area (Å²) in [6.45, 7) is 2.83. The number of likely N-dealkylation sites (N-methyl/N-ethyl adjacent to an activating group) is 1. The minimum atomic E-state index is -0.113. The molecule has 1 aliphatic rings. The number of amides is 2. The molecule has 1 unspecified atom stereocenters. The van der Waals surface area contributed by atoms with Gasteiger partial charge in [-0.15, -0.1) is 11.3 Å². The quantitative estimate of drug-likeness (QED) is 0.653. The van der Waals surface area contributed by atoms with Crippen LogP contribution < -0.4 is 15.5 Å². The van der Waals surface area contributed by atoms with Gasteiger partial charge in [-0.3, -0.25) is 9.59 Å². The van der Waals surface area contributed by atoms with Gasteiger partial charge in [-0.2, -0.15) is 5.26 Å². The first-order valence-corrected chi connectivity index (χ1v) is 10.8. The third-order valence-electron chi connectivity index (χ3n) is 5.11. The van der Waals surface area contributed by atoms with Crippen molar-refractivity contribution in [1.29, 1.82) is 5.26 Å². The molecule has 29 heavy (non-hydrogen) atoms. The maximum absolute atomic E-state index is 12.4. The summed E-state index contributed by atoms with van der Waals surface area (Å²) < 4.78 is 0. The van der Waals surface area contributed by atoms with Crippen molar-refractivity contribution in [2.75, 3.05) is 30.8 Å². The highest BCUT2D eigenvalue weighted by molar-refractivity contribution is 7.16. The zero-order chi connectivity index (χ0) is 20.8. The number of anilines is 2. The van der Waals surface area contributed by atoms with E-state index in [0.29, 0.717) is 23.5 Å². The molecular weight excluding hydrogens is 384 g/mol. The Balaban J connectivity index is 1.47. The Labute approximate surface area is 175 Å². The zero-order valence-electron chi connectivity index (χ0n) is 16.9. The SMILES string of the molecule is Cc1ccc(NC(=O)C[NH+](C)CCC(=O)Nc2sc3c(c2C#N)CCCC3)cc1. The number of quaternary nitrogens is 1. The number of thiophene rings is 1. The van der Waals surface area contributed by atoms with Crippen LogP contribution >= 0.6 is 11.3 Å². The van der Waals surface area contributed by atoms with Crippen LogP contribution in [0.4, 0.5) is 10.7 Å². The van der Waals surface area contributed by atoms with Gasteiger partial charge in [0.15, 0.2) is 6.54 Å². The number of aryl methyl sites for hydroxylation is 2. The van der Waals surface area contributed by atoms with Crippen molar-refractivity contribution in [2.45, 2.75) is 39.0 Å². The second-order valence-electron chi connectivity index (χ2n) is 7.62. The van der Waals surface area contributed by atoms with Crippen LogP contribution in [-0.2, 0) is 22.4 Å². The molecule has 0 aliphatic heterocycles. The van der Waals surface area contributed by atoms with E-state index in [4.69, 9.17) is 0 Å². The van der Waals surface area contributed by atoms with Gasteiger partial charge in [0.2, 0.25) is 5.91 Å². The monoisotopic (exact) mass is 411 g/mol. The summed E-state index contributed by atoms with van der Waals surface area (Å²) in [4.78, 5) is 26.7. The Morgan fingerprint density at radius 1 is 1.14 bits per heavy atom. The number of hydrogen-bond donors (Lipinski definition) is 3. The topological polar surface area (TPSA) is 86.4 Å². The van der Waals surface area contributed by atoms with Crippen LogP contribution in [0, 0.1) is 18.3 Å². The van der Waals surface area contributed by atoms with Gasteiger partial charge in [0.1, 0.15) is 11.1 Å². The number of nitrogens with one attached hydrogen (secondary N) is 3. The maximum atomic E-state index is 12.4. The van der Waals surface area contributed by atoms with E-state index in [9.17, 15) is 14.9 Å². The molecule has 1 aromatic carbocycles. The molecule has 3 N–H and O–H groups in total. The third kappa shape index (κ3) is 5.66. The van der Waals surface area contributed by atoms with Crippen molar-refractivity contribution in [3.63, 3.8) is 0 Å². The lowest BCUT2D eigenvalue weighted by molar-refractivity contribution is -0.870. The summed E-state index contributed by atoms with van der Waals surface area (Å²) >= 11 is 1.54. The normalized spacial score (nSPS) is 13.8. The predicted octanol–water partition coefficient (Wildman–Crippen LogP) is 2.29. The van der Waals surface area contributed by atoms with E-state index in [1.54, 1.807) is 0 Å². The van der Waals surface area contributed by atoms with E-state index < -0.39 is 0 Å². The van der Waals surface area contributed by atoms with Crippen molar-refractivity contribution in [3.8, 4) is 6.07 Å². The number of benzene rings is 1. The molecular formula is C22H27N4O2S+. The molecule has 1 atom stereocenters. The van der Waals surface area contributed by atoms with E-state index in [2.05, 4.69) is 16.7 Å². The summed E-state index contributed by atoms with van der Waals surface area (Å²) in [7, 11) is 1.90. The van der Waals surface area contributed by atoms with E-state index >= 15 is 0 Å². The number of carbonyl (C=O) groups is 2. The molecule has 1 aromatic heterocycles. The van der Waals surface area contributed by atoms with Gasteiger partial charge in [-0.25, -0.2) is 0 Å². The summed E-state index contributed by atoms with van der Waals surface area (Å²) in [6, 6.07) is 9.93. The molecule has 0 radical (unpaired) electrons. The van der Waals surface area contributed by atoms with Crippen LogP contribution in [0.5, 0.6) is 0 Å². The van der Waals surface area contributed by atoms with Crippen LogP contribution in [0.1, 0.15) is 40.8 Å². The van der Waals surface area contributed by atoms with Crippen molar-refractivity contribution in [3.05, 3.63) is 45.8 Å². The molecule has 0 spiro atoms. The summed E-state index contributed by atoms with van der Waals surface area (Å²) in [6.07, 6.45) is 4.47. The van der Waals surface area contributed by atoms with Gasteiger partial charge >= 0.3 is 0 Å². The smallest absolute Gasteiger partial charge is 0.279 e. The molecule has 0 fully saturated rings. The molecule has 1 aliphatic carbocycles. The van der Waals surface area contributed by atoms with E-state index in [1.165, 1.54) is 16.2 Å². The fourth-order valence-electron chi connectivity index (χ4n) is 3.49. The lowest BCUT2D eigenvalue weighted by Gasteiger charge is -2.14. The lowest BCUT2D eigenvalue weighted by Crippen LogP contribution is -3.10. The Kier molecular flexibility index (Phi) is 7.02. The Morgan fingerprint density at radius 2 is 1.86 bits per heavy atom. The molecule has 6 nitrogen and oxygen atoms in total. The van der Waals surface area contributed by atoms with Crippen LogP contribution in [-0.4, -0.2) is 32.0 Å². The first-order valence-electron chi connectivity index (χ1n) is 9.98. The molecule has 0 saturated carbocycles. The molecule has 0 saturated heterocycles. The highest BCUT2D eigenvalue weighted by Gasteiger charge is 2.22. The standard InChI is InChI=1S/C22H26N4O2S/c1-15-7-9-16(10-8-15)24-21(28)14-26(2)12-11-20(27)25-22-18(13-23)17-5-3-4-6-19(17)29-22/h7-10H,3-6,11-12,14H2,1-2H3,(H,24,28)(H,25,27)/p+1. The average Bonchev–Trinajstić information content (AvgIpc) is 3.05. The first kappa shape index (κ1) is 21.0. The van der Waals surface area contributed by atoms with E-state index in [-0.39, 0.29) is 18.4 Å². The van der Waals surface area contributed by atoms with Gasteiger partial charge in [-0.05, 0) is 50.3 Å². The van der Waals surface area contributed by atoms with Gasteiger partial charge < -0.3 is 15.5 Å². The largest absolute Gasteiger partial charge is 0.329 e. The summed E-state index contributed by atoms with van der Waals surface area (Å²) in [5.41, 5.74) is 3.67. The fourth-order valence-corrected chi connectivity index (χ4v) is 4.75. The second kappa shape index (κ2) is 9.68. The third-order valence-corrected chi connectivity index (χ3v) is 6.32. The molecule has 3 rings (SSSR count). The highest BCUT2D eigenvalue weighted by Crippen LogP contribution is 2.37. The molecule has 1 heterocycles. The van der Waals surface area contributed by atoms with Crippen LogP contribution in [0.2, 0.25) is 0 Å². The minimum absolute atomic E-state index is 0.0792. The van der Waals surface area contributed by atoms with Crippen LogP contribution in [0.3, 0.4) is 0 Å². The number of carbonyl (C=O) groups excluding carboxylic acids is 2. The molecule has 152 valence electrons. The summed E-state index contributed by atoms with van der Waals surface area (Å²) in [5, 5.41) is 16.0. The summed E-state index contributed by atoms with van der Waals surface area (Å²) in [5.74, 6) is -0.192. The van der Waals surface area contributed by atoms with Crippen molar-refractivity contribution >= 4 is 33.8 Å². The second-order valence-corrected chi connectivity index (χ2v) is 8.73. The zero-order valence-corrected chi connectivity index (χ0v) is 17.7.